The minimum Gasteiger partial charge on any atom is -0.375 e. The zero-order chi connectivity index (χ0) is 19.2. The second kappa shape index (κ2) is 8.98. The number of benzene rings is 2. The molecular weight excluding hydrogens is 336 g/mol. The van der Waals surface area contributed by atoms with Crippen molar-refractivity contribution in [2.24, 2.45) is 0 Å². The Balaban J connectivity index is 1.57. The summed E-state index contributed by atoms with van der Waals surface area (Å²) in [5.74, 6) is 0.866. The highest BCUT2D eigenvalue weighted by Crippen LogP contribution is 2.28. The van der Waals surface area contributed by atoms with Gasteiger partial charge < -0.3 is 9.26 Å². The third kappa shape index (κ3) is 5.06. The van der Waals surface area contributed by atoms with Crippen molar-refractivity contribution in [2.75, 3.05) is 20.2 Å². The Morgan fingerprint density at radius 2 is 1.81 bits per heavy atom. The zero-order valence-electron chi connectivity index (χ0n) is 16.7. The Kier molecular flexibility index (Phi) is 6.43. The van der Waals surface area contributed by atoms with E-state index in [-0.39, 0.29) is 0 Å². The van der Waals surface area contributed by atoms with Gasteiger partial charge in [-0.1, -0.05) is 47.6 Å². The number of hydrogen-bond donors (Lipinski definition) is 0. The van der Waals surface area contributed by atoms with Crippen LogP contribution < -0.4 is 0 Å². The number of aromatic nitrogens is 1. The molecule has 0 fully saturated rings. The third-order valence-corrected chi connectivity index (χ3v) is 4.84. The zero-order valence-corrected chi connectivity index (χ0v) is 16.7. The molecule has 0 saturated heterocycles. The fourth-order valence-corrected chi connectivity index (χ4v) is 3.25. The smallest absolute Gasteiger partial charge is 0.141 e. The molecule has 0 bridgehead atoms. The van der Waals surface area contributed by atoms with Crippen molar-refractivity contribution in [2.45, 2.75) is 33.9 Å². The van der Waals surface area contributed by atoms with Gasteiger partial charge in [0.15, 0.2) is 0 Å². The van der Waals surface area contributed by atoms with Crippen LogP contribution in [0.3, 0.4) is 0 Å². The van der Waals surface area contributed by atoms with Crippen molar-refractivity contribution < 1.29 is 9.26 Å². The van der Waals surface area contributed by atoms with Gasteiger partial charge in [-0.3, -0.25) is 4.90 Å². The molecule has 0 aliphatic carbocycles. The van der Waals surface area contributed by atoms with E-state index in [4.69, 9.17) is 9.26 Å². The summed E-state index contributed by atoms with van der Waals surface area (Å²) in [7, 11) is 2.13. The molecule has 1 aromatic heterocycles. The molecule has 1 heterocycles. The summed E-state index contributed by atoms with van der Waals surface area (Å²) in [6, 6.07) is 16.9. The van der Waals surface area contributed by atoms with Gasteiger partial charge in [0.25, 0.3) is 0 Å². The monoisotopic (exact) mass is 364 g/mol. The first kappa shape index (κ1) is 19.3. The summed E-state index contributed by atoms with van der Waals surface area (Å²) in [6.07, 6.45) is 0. The number of rotatable bonds is 8. The molecule has 3 aromatic rings. The number of hydrogen-bond acceptors (Lipinski definition) is 4. The van der Waals surface area contributed by atoms with Crippen molar-refractivity contribution >= 4 is 0 Å². The maximum Gasteiger partial charge on any atom is 0.141 e. The lowest BCUT2D eigenvalue weighted by atomic mass is 9.98. The summed E-state index contributed by atoms with van der Waals surface area (Å²) < 4.78 is 11.1. The van der Waals surface area contributed by atoms with Crippen LogP contribution in [0.5, 0.6) is 0 Å². The van der Waals surface area contributed by atoms with Gasteiger partial charge in [-0.05, 0) is 56.1 Å². The van der Waals surface area contributed by atoms with Crippen molar-refractivity contribution in [3.8, 4) is 11.1 Å². The predicted octanol–water partition coefficient (Wildman–Crippen LogP) is 4.92. The average Bonchev–Trinajstić information content (AvgIpc) is 3.00. The highest BCUT2D eigenvalue weighted by Gasteiger charge is 2.13. The van der Waals surface area contributed by atoms with E-state index in [1.54, 1.807) is 0 Å². The first-order chi connectivity index (χ1) is 13.0. The number of ether oxygens (including phenoxy) is 1. The van der Waals surface area contributed by atoms with Gasteiger partial charge in [0.05, 0.1) is 18.9 Å². The van der Waals surface area contributed by atoms with Crippen LogP contribution in [0.15, 0.2) is 53.1 Å². The largest absolute Gasteiger partial charge is 0.375 e. The van der Waals surface area contributed by atoms with E-state index in [1.807, 2.05) is 32.0 Å². The number of aryl methyl sites for hydroxylation is 3. The Morgan fingerprint density at radius 1 is 1.04 bits per heavy atom. The highest BCUT2D eigenvalue weighted by molar-refractivity contribution is 5.68. The van der Waals surface area contributed by atoms with Gasteiger partial charge in [-0.2, -0.15) is 0 Å². The lowest BCUT2D eigenvalue weighted by molar-refractivity contribution is 0.0980. The van der Waals surface area contributed by atoms with Crippen molar-refractivity contribution in [1.29, 1.82) is 0 Å². The van der Waals surface area contributed by atoms with Gasteiger partial charge in [0, 0.05) is 18.7 Å². The average molecular weight is 364 g/mol. The number of likely N-dealkylation sites (N-methyl/N-ethyl adjacent to an activating group) is 1. The van der Waals surface area contributed by atoms with Gasteiger partial charge in [-0.15, -0.1) is 0 Å². The minimum absolute atomic E-state index is 0.662. The molecule has 0 saturated carbocycles. The van der Waals surface area contributed by atoms with Crippen LogP contribution in [0, 0.1) is 20.8 Å². The van der Waals surface area contributed by atoms with Crippen LogP contribution in [0.1, 0.15) is 28.1 Å². The Labute approximate surface area is 161 Å². The summed E-state index contributed by atoms with van der Waals surface area (Å²) in [5.41, 5.74) is 7.03. The second-order valence-corrected chi connectivity index (χ2v) is 7.12. The van der Waals surface area contributed by atoms with Crippen molar-refractivity contribution in [3.63, 3.8) is 0 Å². The van der Waals surface area contributed by atoms with Crippen molar-refractivity contribution in [3.05, 3.63) is 76.7 Å². The molecule has 2 aromatic carbocycles. The van der Waals surface area contributed by atoms with Crippen LogP contribution in [0.4, 0.5) is 0 Å². The molecule has 0 amide bonds. The van der Waals surface area contributed by atoms with Crippen LogP contribution in [0.2, 0.25) is 0 Å². The molecule has 0 aliphatic rings. The molecule has 0 N–H and O–H groups in total. The molecule has 27 heavy (non-hydrogen) atoms. The molecule has 0 aliphatic heterocycles. The molecule has 142 valence electrons. The van der Waals surface area contributed by atoms with Crippen LogP contribution >= 0.6 is 0 Å². The molecular formula is C23H28N2O2. The van der Waals surface area contributed by atoms with E-state index in [9.17, 15) is 0 Å². The fourth-order valence-electron chi connectivity index (χ4n) is 3.25. The Morgan fingerprint density at radius 3 is 2.52 bits per heavy atom. The standard InChI is InChI=1S/C23H28N2O2/c1-17-10-11-21(23-18(2)24-27-19(23)3)14-22(17)15-25(4)12-13-26-16-20-8-6-5-7-9-20/h5-11,14H,12-13,15-16H2,1-4H3. The summed E-state index contributed by atoms with van der Waals surface area (Å²) in [6.45, 7) is 9.27. The third-order valence-electron chi connectivity index (χ3n) is 4.84. The maximum absolute atomic E-state index is 5.81. The van der Waals surface area contributed by atoms with Crippen LogP contribution in [-0.4, -0.2) is 30.3 Å². The van der Waals surface area contributed by atoms with E-state index < -0.39 is 0 Å². The van der Waals surface area contributed by atoms with Gasteiger partial charge in [0.1, 0.15) is 5.76 Å². The van der Waals surface area contributed by atoms with E-state index in [0.717, 1.165) is 30.1 Å². The van der Waals surface area contributed by atoms with Gasteiger partial charge >= 0.3 is 0 Å². The molecule has 4 heteroatoms. The summed E-state index contributed by atoms with van der Waals surface area (Å²) in [4.78, 5) is 2.30. The normalized spacial score (nSPS) is 11.3. The van der Waals surface area contributed by atoms with Crippen LogP contribution in [0.25, 0.3) is 11.1 Å². The first-order valence-corrected chi connectivity index (χ1v) is 9.37. The Hall–Kier alpha value is -2.43. The molecule has 0 unspecified atom stereocenters. The molecule has 3 rings (SSSR count). The van der Waals surface area contributed by atoms with E-state index in [0.29, 0.717) is 13.2 Å². The molecule has 0 spiro atoms. The van der Waals surface area contributed by atoms with Gasteiger partial charge in [-0.25, -0.2) is 0 Å². The van der Waals surface area contributed by atoms with Crippen LogP contribution in [-0.2, 0) is 17.9 Å². The molecule has 4 nitrogen and oxygen atoms in total. The lowest BCUT2D eigenvalue weighted by Gasteiger charge is -2.19. The highest BCUT2D eigenvalue weighted by atomic mass is 16.5. The Bertz CT molecular complexity index is 852. The first-order valence-electron chi connectivity index (χ1n) is 9.37. The number of nitrogens with zero attached hydrogens (tertiary/aromatic N) is 2. The lowest BCUT2D eigenvalue weighted by Crippen LogP contribution is -2.23. The summed E-state index contributed by atoms with van der Waals surface area (Å²) >= 11 is 0. The molecule has 0 atom stereocenters. The van der Waals surface area contributed by atoms with E-state index in [1.165, 1.54) is 22.3 Å². The maximum atomic E-state index is 5.81. The quantitative estimate of drug-likeness (QED) is 0.532. The van der Waals surface area contributed by atoms with Gasteiger partial charge in [0.2, 0.25) is 0 Å². The topological polar surface area (TPSA) is 38.5 Å². The SMILES string of the molecule is Cc1ccc(-c2c(C)noc2C)cc1CN(C)CCOCc1ccccc1. The second-order valence-electron chi connectivity index (χ2n) is 7.12. The summed E-state index contributed by atoms with van der Waals surface area (Å²) in [5, 5.41) is 4.08. The van der Waals surface area contributed by atoms with Crippen molar-refractivity contribution in [1.82, 2.24) is 10.1 Å². The molecule has 0 radical (unpaired) electrons. The fraction of sp³-hybridized carbons (Fsp3) is 0.348. The predicted molar refractivity (Wildman–Crippen MR) is 109 cm³/mol. The van der Waals surface area contributed by atoms with E-state index in [2.05, 4.69) is 54.4 Å². The minimum atomic E-state index is 0.662. The van der Waals surface area contributed by atoms with E-state index >= 15 is 0 Å².